The Balaban J connectivity index is 2.21. The monoisotopic (exact) mass is 240 g/mol. The second kappa shape index (κ2) is 5.05. The first-order valence-electron chi connectivity index (χ1n) is 5.93. The van der Waals surface area contributed by atoms with Crippen molar-refractivity contribution in [2.45, 2.75) is 20.8 Å². The van der Waals surface area contributed by atoms with Crippen LogP contribution in [0.5, 0.6) is 5.75 Å². The van der Waals surface area contributed by atoms with Gasteiger partial charge in [-0.2, -0.15) is 0 Å². The molecule has 0 saturated heterocycles. The Morgan fingerprint density at radius 1 is 0.944 bits per heavy atom. The van der Waals surface area contributed by atoms with E-state index in [9.17, 15) is 4.79 Å². The van der Waals surface area contributed by atoms with Gasteiger partial charge < -0.3 is 4.74 Å². The van der Waals surface area contributed by atoms with E-state index in [0.29, 0.717) is 11.3 Å². The third-order valence-corrected chi connectivity index (χ3v) is 3.04. The number of aryl methyl sites for hydroxylation is 2. The summed E-state index contributed by atoms with van der Waals surface area (Å²) >= 11 is 0. The van der Waals surface area contributed by atoms with E-state index < -0.39 is 0 Å². The molecule has 0 heterocycles. The highest BCUT2D eigenvalue weighted by Crippen LogP contribution is 2.21. The summed E-state index contributed by atoms with van der Waals surface area (Å²) in [6.45, 7) is 5.94. The van der Waals surface area contributed by atoms with Gasteiger partial charge in [-0.15, -0.1) is 0 Å². The van der Waals surface area contributed by atoms with Gasteiger partial charge in [-0.3, -0.25) is 0 Å². The Bertz CT molecular complexity index is 568. The quantitative estimate of drug-likeness (QED) is 0.589. The zero-order chi connectivity index (χ0) is 13.1. The average Bonchev–Trinajstić information content (AvgIpc) is 2.36. The van der Waals surface area contributed by atoms with Crippen molar-refractivity contribution < 1.29 is 9.53 Å². The number of hydrogen-bond acceptors (Lipinski definition) is 2. The van der Waals surface area contributed by atoms with Gasteiger partial charge in [0, 0.05) is 0 Å². The summed E-state index contributed by atoms with van der Waals surface area (Å²) in [5, 5.41) is 0. The SMILES string of the molecule is Cc1ccc(C(=O)Oc2cccc(C)c2C)cc1. The molecule has 18 heavy (non-hydrogen) atoms. The normalized spacial score (nSPS) is 10.2. The molecule has 0 aliphatic heterocycles. The molecule has 0 unspecified atom stereocenters. The van der Waals surface area contributed by atoms with E-state index in [4.69, 9.17) is 4.74 Å². The number of carbonyl (C=O) groups is 1. The minimum atomic E-state index is -0.316. The molecule has 0 amide bonds. The number of benzene rings is 2. The zero-order valence-corrected chi connectivity index (χ0v) is 10.9. The highest BCUT2D eigenvalue weighted by molar-refractivity contribution is 5.91. The lowest BCUT2D eigenvalue weighted by Crippen LogP contribution is -2.09. The zero-order valence-electron chi connectivity index (χ0n) is 10.9. The van der Waals surface area contributed by atoms with Crippen LogP contribution in [0.25, 0.3) is 0 Å². The molecule has 0 aliphatic rings. The lowest BCUT2D eigenvalue weighted by Gasteiger charge is -2.09. The minimum Gasteiger partial charge on any atom is -0.423 e. The van der Waals surface area contributed by atoms with Crippen LogP contribution in [0, 0.1) is 20.8 Å². The highest BCUT2D eigenvalue weighted by Gasteiger charge is 2.10. The van der Waals surface area contributed by atoms with Gasteiger partial charge in [-0.05, 0) is 50.1 Å². The van der Waals surface area contributed by atoms with Gasteiger partial charge in [0.25, 0.3) is 0 Å². The van der Waals surface area contributed by atoms with Crippen LogP contribution in [-0.2, 0) is 0 Å². The fraction of sp³-hybridized carbons (Fsp3) is 0.188. The summed E-state index contributed by atoms with van der Waals surface area (Å²) in [4.78, 5) is 12.0. The number of hydrogen-bond donors (Lipinski definition) is 0. The Kier molecular flexibility index (Phi) is 3.47. The lowest BCUT2D eigenvalue weighted by atomic mass is 10.1. The Morgan fingerprint density at radius 2 is 1.61 bits per heavy atom. The van der Waals surface area contributed by atoms with E-state index in [1.807, 2.05) is 51.1 Å². The van der Waals surface area contributed by atoms with Gasteiger partial charge >= 0.3 is 5.97 Å². The molecule has 92 valence electrons. The van der Waals surface area contributed by atoms with Crippen LogP contribution >= 0.6 is 0 Å². The molecule has 0 bridgehead atoms. The van der Waals surface area contributed by atoms with Crippen molar-refractivity contribution in [2.24, 2.45) is 0 Å². The van der Waals surface area contributed by atoms with Crippen molar-refractivity contribution >= 4 is 5.97 Å². The van der Waals surface area contributed by atoms with Gasteiger partial charge in [0.15, 0.2) is 0 Å². The molecule has 0 saturated carbocycles. The molecule has 0 atom stereocenters. The predicted octanol–water partition coefficient (Wildman–Crippen LogP) is 3.83. The molecule has 0 aliphatic carbocycles. The lowest BCUT2D eigenvalue weighted by molar-refractivity contribution is 0.0733. The Morgan fingerprint density at radius 3 is 2.28 bits per heavy atom. The van der Waals surface area contributed by atoms with E-state index in [1.165, 1.54) is 0 Å². The number of ether oxygens (including phenoxy) is 1. The fourth-order valence-corrected chi connectivity index (χ4v) is 1.68. The van der Waals surface area contributed by atoms with E-state index in [-0.39, 0.29) is 5.97 Å². The van der Waals surface area contributed by atoms with Crippen molar-refractivity contribution in [2.75, 3.05) is 0 Å². The largest absolute Gasteiger partial charge is 0.423 e. The van der Waals surface area contributed by atoms with Crippen molar-refractivity contribution in [1.82, 2.24) is 0 Å². The topological polar surface area (TPSA) is 26.3 Å². The van der Waals surface area contributed by atoms with Crippen LogP contribution < -0.4 is 4.74 Å². The molecule has 2 nitrogen and oxygen atoms in total. The standard InChI is InChI=1S/C16H16O2/c1-11-7-9-14(10-8-11)16(17)18-15-6-4-5-12(2)13(15)3/h4-10H,1-3H3. The first kappa shape index (κ1) is 12.4. The van der Waals surface area contributed by atoms with Gasteiger partial charge in [-0.1, -0.05) is 29.8 Å². The molecule has 0 aromatic heterocycles. The second-order valence-corrected chi connectivity index (χ2v) is 4.45. The van der Waals surface area contributed by atoms with Gasteiger partial charge in [0.2, 0.25) is 0 Å². The van der Waals surface area contributed by atoms with E-state index in [0.717, 1.165) is 16.7 Å². The highest BCUT2D eigenvalue weighted by atomic mass is 16.5. The molecule has 0 N–H and O–H groups in total. The van der Waals surface area contributed by atoms with Gasteiger partial charge in [0.05, 0.1) is 5.56 Å². The summed E-state index contributed by atoms with van der Waals surface area (Å²) in [6, 6.07) is 13.1. The molecular weight excluding hydrogens is 224 g/mol. The smallest absolute Gasteiger partial charge is 0.343 e. The first-order valence-corrected chi connectivity index (χ1v) is 5.93. The van der Waals surface area contributed by atoms with Crippen molar-refractivity contribution in [3.05, 3.63) is 64.7 Å². The number of esters is 1. The molecule has 0 fully saturated rings. The number of rotatable bonds is 2. The molecule has 2 aromatic rings. The molecule has 0 radical (unpaired) electrons. The maximum Gasteiger partial charge on any atom is 0.343 e. The third kappa shape index (κ3) is 2.59. The van der Waals surface area contributed by atoms with Crippen molar-refractivity contribution in [1.29, 1.82) is 0 Å². The Hall–Kier alpha value is -2.09. The summed E-state index contributed by atoms with van der Waals surface area (Å²) in [5.41, 5.74) is 3.81. The molecule has 2 rings (SSSR count). The van der Waals surface area contributed by atoms with Crippen LogP contribution in [-0.4, -0.2) is 5.97 Å². The van der Waals surface area contributed by atoms with E-state index >= 15 is 0 Å². The molecular formula is C16H16O2. The second-order valence-electron chi connectivity index (χ2n) is 4.45. The van der Waals surface area contributed by atoms with Crippen LogP contribution in [0.3, 0.4) is 0 Å². The molecule has 2 heteroatoms. The fourth-order valence-electron chi connectivity index (χ4n) is 1.68. The van der Waals surface area contributed by atoms with Gasteiger partial charge in [0.1, 0.15) is 5.75 Å². The molecule has 0 spiro atoms. The summed E-state index contributed by atoms with van der Waals surface area (Å²) in [6.07, 6.45) is 0. The molecule has 2 aromatic carbocycles. The van der Waals surface area contributed by atoms with E-state index in [1.54, 1.807) is 12.1 Å². The summed E-state index contributed by atoms with van der Waals surface area (Å²) < 4.78 is 5.41. The summed E-state index contributed by atoms with van der Waals surface area (Å²) in [5.74, 6) is 0.310. The minimum absolute atomic E-state index is 0.316. The van der Waals surface area contributed by atoms with Crippen LogP contribution in [0.15, 0.2) is 42.5 Å². The van der Waals surface area contributed by atoms with Crippen LogP contribution in [0.1, 0.15) is 27.0 Å². The third-order valence-electron chi connectivity index (χ3n) is 3.04. The van der Waals surface area contributed by atoms with Crippen molar-refractivity contribution in [3.8, 4) is 5.75 Å². The van der Waals surface area contributed by atoms with Gasteiger partial charge in [-0.25, -0.2) is 4.79 Å². The Labute approximate surface area is 107 Å². The van der Waals surface area contributed by atoms with Crippen LogP contribution in [0.4, 0.5) is 0 Å². The first-order chi connectivity index (χ1) is 8.58. The maximum absolute atomic E-state index is 12.0. The summed E-state index contributed by atoms with van der Waals surface area (Å²) in [7, 11) is 0. The predicted molar refractivity (Wildman–Crippen MR) is 72.1 cm³/mol. The number of carbonyl (C=O) groups excluding carboxylic acids is 1. The van der Waals surface area contributed by atoms with E-state index in [2.05, 4.69) is 0 Å². The maximum atomic E-state index is 12.0. The van der Waals surface area contributed by atoms with Crippen LogP contribution in [0.2, 0.25) is 0 Å². The average molecular weight is 240 g/mol. The van der Waals surface area contributed by atoms with Crippen molar-refractivity contribution in [3.63, 3.8) is 0 Å².